The van der Waals surface area contributed by atoms with E-state index in [0.29, 0.717) is 11.3 Å². The van der Waals surface area contributed by atoms with Gasteiger partial charge < -0.3 is 15.7 Å². The van der Waals surface area contributed by atoms with Crippen molar-refractivity contribution in [2.24, 2.45) is 0 Å². The zero-order valence-corrected chi connectivity index (χ0v) is 12.6. The molecular weight excluding hydrogens is 292 g/mol. The molecule has 1 aliphatic rings. The first kappa shape index (κ1) is 15.1. The van der Waals surface area contributed by atoms with Gasteiger partial charge in [-0.15, -0.1) is 0 Å². The number of nitrogens with one attached hydrogen (secondary N) is 2. The van der Waals surface area contributed by atoms with Crippen LogP contribution in [0.15, 0.2) is 48.5 Å². The maximum absolute atomic E-state index is 12.5. The molecule has 1 unspecified atom stereocenters. The highest BCUT2D eigenvalue weighted by Gasteiger charge is 2.23. The van der Waals surface area contributed by atoms with Crippen molar-refractivity contribution in [1.82, 2.24) is 5.32 Å². The summed E-state index contributed by atoms with van der Waals surface area (Å²) in [6, 6.07) is 13.7. The number of benzene rings is 2. The van der Waals surface area contributed by atoms with Crippen LogP contribution in [0, 0.1) is 0 Å². The molecule has 5 nitrogen and oxygen atoms in total. The van der Waals surface area contributed by atoms with E-state index in [1.807, 2.05) is 24.3 Å². The highest BCUT2D eigenvalue weighted by atomic mass is 16.4. The molecule has 1 aliphatic carbocycles. The van der Waals surface area contributed by atoms with E-state index in [1.165, 1.54) is 11.1 Å². The van der Waals surface area contributed by atoms with Gasteiger partial charge in [0.05, 0.1) is 0 Å². The van der Waals surface area contributed by atoms with Gasteiger partial charge in [0, 0.05) is 5.69 Å². The minimum atomic E-state index is -1.23. The van der Waals surface area contributed by atoms with Gasteiger partial charge in [0.2, 0.25) is 0 Å². The summed E-state index contributed by atoms with van der Waals surface area (Å²) in [5.41, 5.74) is 3.88. The van der Waals surface area contributed by atoms with Crippen molar-refractivity contribution < 1.29 is 14.7 Å². The summed E-state index contributed by atoms with van der Waals surface area (Å²) in [5, 5.41) is 14.1. The first-order chi connectivity index (χ1) is 11.1. The van der Waals surface area contributed by atoms with Crippen LogP contribution in [0.1, 0.15) is 29.2 Å². The van der Waals surface area contributed by atoms with Gasteiger partial charge in [0.15, 0.2) is 0 Å². The van der Waals surface area contributed by atoms with Crippen LogP contribution in [0.2, 0.25) is 0 Å². The summed E-state index contributed by atoms with van der Waals surface area (Å²) < 4.78 is 0. The fraction of sp³-hybridized carbons (Fsp3) is 0.222. The van der Waals surface area contributed by atoms with Crippen LogP contribution < -0.4 is 10.6 Å². The Hall–Kier alpha value is -2.82. The highest BCUT2D eigenvalue weighted by Crippen LogP contribution is 2.25. The van der Waals surface area contributed by atoms with E-state index < -0.39 is 18.0 Å². The third-order valence-corrected chi connectivity index (χ3v) is 4.03. The topological polar surface area (TPSA) is 78.4 Å². The number of hydrogen-bond acceptors (Lipinski definition) is 2. The van der Waals surface area contributed by atoms with Crippen LogP contribution in [0.5, 0.6) is 0 Å². The summed E-state index contributed by atoms with van der Waals surface area (Å²) in [6.45, 7) is 0. The third kappa shape index (κ3) is 3.51. The number of hydrogen-bond donors (Lipinski definition) is 3. The average molecular weight is 310 g/mol. The Morgan fingerprint density at radius 2 is 1.74 bits per heavy atom. The molecule has 1 atom stereocenters. The van der Waals surface area contributed by atoms with E-state index in [1.54, 1.807) is 24.3 Å². The molecule has 2 amide bonds. The molecule has 0 aliphatic heterocycles. The molecule has 0 radical (unpaired) electrons. The predicted molar refractivity (Wildman–Crippen MR) is 87.4 cm³/mol. The van der Waals surface area contributed by atoms with E-state index >= 15 is 0 Å². The molecule has 0 saturated carbocycles. The van der Waals surface area contributed by atoms with Crippen molar-refractivity contribution >= 4 is 17.7 Å². The van der Waals surface area contributed by atoms with E-state index in [4.69, 9.17) is 5.11 Å². The molecule has 3 N–H and O–H groups in total. The quantitative estimate of drug-likeness (QED) is 0.812. The SMILES string of the molecule is O=C(O)NC(C(=O)Nc1ccc2c(c1)CCC2)c1ccccc1. The van der Waals surface area contributed by atoms with Crippen LogP contribution in [0.3, 0.4) is 0 Å². The summed E-state index contributed by atoms with van der Waals surface area (Å²) in [5.74, 6) is -0.392. The van der Waals surface area contributed by atoms with Gasteiger partial charge in [0.1, 0.15) is 6.04 Å². The van der Waals surface area contributed by atoms with Gasteiger partial charge in [0.25, 0.3) is 5.91 Å². The van der Waals surface area contributed by atoms with E-state index in [0.717, 1.165) is 19.3 Å². The Labute approximate surface area is 134 Å². The van der Waals surface area contributed by atoms with Crippen molar-refractivity contribution in [2.45, 2.75) is 25.3 Å². The summed E-state index contributed by atoms with van der Waals surface area (Å²) in [4.78, 5) is 23.5. The number of rotatable bonds is 4. The second kappa shape index (κ2) is 6.52. The van der Waals surface area contributed by atoms with Crippen LogP contribution in [0.4, 0.5) is 10.5 Å². The number of amides is 2. The van der Waals surface area contributed by atoms with Gasteiger partial charge in [-0.25, -0.2) is 4.79 Å². The molecule has 3 rings (SSSR count). The third-order valence-electron chi connectivity index (χ3n) is 4.03. The molecule has 2 aromatic rings. The Bertz CT molecular complexity index is 728. The minimum Gasteiger partial charge on any atom is -0.465 e. The zero-order valence-electron chi connectivity index (χ0n) is 12.6. The van der Waals surface area contributed by atoms with Gasteiger partial charge in [-0.05, 0) is 48.1 Å². The number of fused-ring (bicyclic) bond motifs is 1. The molecule has 0 aromatic heterocycles. The second-order valence-electron chi connectivity index (χ2n) is 5.62. The van der Waals surface area contributed by atoms with Crippen molar-refractivity contribution in [3.05, 3.63) is 65.2 Å². The van der Waals surface area contributed by atoms with Crippen molar-refractivity contribution in [1.29, 1.82) is 0 Å². The Kier molecular flexibility index (Phi) is 4.28. The number of anilines is 1. The number of aryl methyl sites for hydroxylation is 2. The summed E-state index contributed by atoms with van der Waals surface area (Å²) in [7, 11) is 0. The van der Waals surface area contributed by atoms with Gasteiger partial charge >= 0.3 is 6.09 Å². The van der Waals surface area contributed by atoms with E-state index in [2.05, 4.69) is 10.6 Å². The largest absolute Gasteiger partial charge is 0.465 e. The lowest BCUT2D eigenvalue weighted by molar-refractivity contribution is -0.118. The average Bonchev–Trinajstić information content (AvgIpc) is 3.01. The molecule has 0 saturated heterocycles. The maximum atomic E-state index is 12.5. The van der Waals surface area contributed by atoms with Crippen LogP contribution in [-0.4, -0.2) is 17.1 Å². The molecule has 118 valence electrons. The van der Waals surface area contributed by atoms with Crippen molar-refractivity contribution in [3.63, 3.8) is 0 Å². The fourth-order valence-electron chi connectivity index (χ4n) is 2.93. The summed E-state index contributed by atoms with van der Waals surface area (Å²) in [6.07, 6.45) is 2.01. The van der Waals surface area contributed by atoms with E-state index in [9.17, 15) is 9.59 Å². The minimum absolute atomic E-state index is 0.392. The monoisotopic (exact) mass is 310 g/mol. The smallest absolute Gasteiger partial charge is 0.405 e. The van der Waals surface area contributed by atoms with E-state index in [-0.39, 0.29) is 0 Å². The Morgan fingerprint density at radius 3 is 2.48 bits per heavy atom. The first-order valence-corrected chi connectivity index (χ1v) is 7.60. The van der Waals surface area contributed by atoms with Gasteiger partial charge in [-0.1, -0.05) is 36.4 Å². The van der Waals surface area contributed by atoms with Crippen LogP contribution in [-0.2, 0) is 17.6 Å². The van der Waals surface area contributed by atoms with Crippen LogP contribution >= 0.6 is 0 Å². The molecule has 2 aromatic carbocycles. The predicted octanol–water partition coefficient (Wildman–Crippen LogP) is 3.12. The zero-order chi connectivity index (χ0) is 16.2. The number of carbonyl (C=O) groups excluding carboxylic acids is 1. The molecule has 0 spiro atoms. The fourth-order valence-corrected chi connectivity index (χ4v) is 2.93. The molecule has 23 heavy (non-hydrogen) atoms. The lowest BCUT2D eigenvalue weighted by Crippen LogP contribution is -2.36. The molecule has 0 bridgehead atoms. The maximum Gasteiger partial charge on any atom is 0.405 e. The first-order valence-electron chi connectivity index (χ1n) is 7.60. The lowest BCUT2D eigenvalue weighted by atomic mass is 10.1. The van der Waals surface area contributed by atoms with Gasteiger partial charge in [-0.2, -0.15) is 0 Å². The Morgan fingerprint density at radius 1 is 1.00 bits per heavy atom. The number of carboxylic acid groups (broad SMARTS) is 1. The molecule has 5 heteroatoms. The second-order valence-corrected chi connectivity index (χ2v) is 5.62. The lowest BCUT2D eigenvalue weighted by Gasteiger charge is -2.17. The highest BCUT2D eigenvalue weighted by molar-refractivity contribution is 5.97. The molecule has 0 fully saturated rings. The number of carbonyl (C=O) groups is 2. The van der Waals surface area contributed by atoms with Crippen molar-refractivity contribution in [2.75, 3.05) is 5.32 Å². The van der Waals surface area contributed by atoms with Gasteiger partial charge in [-0.3, -0.25) is 4.79 Å². The summed E-state index contributed by atoms with van der Waals surface area (Å²) >= 11 is 0. The van der Waals surface area contributed by atoms with Crippen molar-refractivity contribution in [3.8, 4) is 0 Å². The standard InChI is InChI=1S/C18H18N2O3/c21-17(16(20-18(22)23)13-5-2-1-3-6-13)19-15-10-9-12-7-4-8-14(12)11-15/h1-3,5-6,9-11,16,20H,4,7-8H2,(H,19,21)(H,22,23). The molecule has 0 heterocycles. The van der Waals surface area contributed by atoms with Crippen LogP contribution in [0.25, 0.3) is 0 Å². The normalized spacial score (nSPS) is 13.9. The Balaban J connectivity index is 1.79. The molecular formula is C18H18N2O3.